The van der Waals surface area contributed by atoms with Crippen molar-refractivity contribution in [2.45, 2.75) is 124 Å². The lowest BCUT2D eigenvalue weighted by Gasteiger charge is -2.30. The minimum Gasteiger partial charge on any atom is -0.439 e. The third kappa shape index (κ3) is 19.2. The summed E-state index contributed by atoms with van der Waals surface area (Å²) >= 11 is 1.45. The Morgan fingerprint density at radius 1 is 0.651 bits per heavy atom. The molecule has 0 fully saturated rings. The molecule has 23 heteroatoms. The maximum atomic E-state index is 14.3. The molecule has 4 aliphatic rings. The van der Waals surface area contributed by atoms with E-state index in [-0.39, 0.29) is 95.7 Å². The topological polar surface area (TPSA) is 333 Å². The summed E-state index contributed by atoms with van der Waals surface area (Å²) in [5.74, 6) is -0.932. The van der Waals surface area contributed by atoms with E-state index in [4.69, 9.17) is 35.3 Å². The van der Waals surface area contributed by atoms with Gasteiger partial charge in [0.1, 0.15) is 12.0 Å². The number of hydrogen-bond donors (Lipinski definition) is 8. The number of primary amides is 1. The highest BCUT2D eigenvalue weighted by molar-refractivity contribution is 7.99. The van der Waals surface area contributed by atoms with E-state index in [0.29, 0.717) is 22.7 Å². The quantitative estimate of drug-likeness (QED) is 0.0527. The van der Waals surface area contributed by atoms with Crippen molar-refractivity contribution < 1.29 is 77.1 Å². The number of fused-ring (bicyclic) bond motifs is 4. The average Bonchev–Trinajstić information content (AvgIpc) is 3.63. The lowest BCUT2D eigenvalue weighted by atomic mass is 9.84. The van der Waals surface area contributed by atoms with Crippen LogP contribution >= 0.6 is 11.8 Å². The Balaban J connectivity index is 1.56. The Kier molecular flexibility index (Phi) is 27.5. The number of rotatable bonds is 14. The van der Waals surface area contributed by atoms with Gasteiger partial charge in [0.2, 0.25) is 23.1 Å². The number of allylic oxidation sites excluding steroid dienone is 8. The minimum atomic E-state index is -1.08. The van der Waals surface area contributed by atoms with Crippen LogP contribution in [-0.4, -0.2) is 153 Å². The van der Waals surface area contributed by atoms with E-state index in [9.17, 15) is 48.6 Å². The number of ether oxygens (including phenoxy) is 5. The fourth-order valence-electron chi connectivity index (χ4n) is 10.3. The van der Waals surface area contributed by atoms with Crippen LogP contribution in [0.3, 0.4) is 0 Å². The van der Waals surface area contributed by atoms with Crippen molar-refractivity contribution in [3.63, 3.8) is 0 Å². The number of carbonyl (C=O) groups excluding carboxylic acids is 8. The van der Waals surface area contributed by atoms with Crippen LogP contribution in [-0.2, 0) is 62.1 Å². The molecule has 83 heavy (non-hydrogen) atoms. The Hall–Kier alpha value is -6.57. The number of thioether (sulfide) groups is 1. The van der Waals surface area contributed by atoms with Crippen molar-refractivity contribution >= 4 is 58.8 Å². The van der Waals surface area contributed by atoms with Crippen LogP contribution in [0.15, 0.2) is 117 Å². The van der Waals surface area contributed by atoms with Gasteiger partial charge in [0.05, 0.1) is 53.3 Å². The number of hydrogen-bond acceptors (Lipinski definition) is 20. The first-order valence-electron chi connectivity index (χ1n) is 27.5. The van der Waals surface area contributed by atoms with Crippen LogP contribution in [0.1, 0.15) is 81.1 Å². The molecule has 456 valence electrons. The summed E-state index contributed by atoms with van der Waals surface area (Å²) in [6.45, 7) is 14.1. The van der Waals surface area contributed by atoms with Crippen molar-refractivity contribution in [1.29, 1.82) is 0 Å². The van der Waals surface area contributed by atoms with Crippen LogP contribution in [0.5, 0.6) is 0 Å². The maximum absolute atomic E-state index is 14.3. The van der Waals surface area contributed by atoms with E-state index in [1.165, 1.54) is 78.4 Å². The summed E-state index contributed by atoms with van der Waals surface area (Å²) in [5.41, 5.74) is 6.76. The number of methoxy groups -OCH3 is 4. The van der Waals surface area contributed by atoms with E-state index >= 15 is 0 Å². The van der Waals surface area contributed by atoms with E-state index in [1.807, 2.05) is 13.8 Å². The van der Waals surface area contributed by atoms with Crippen LogP contribution in [0, 0.1) is 29.6 Å². The Labute approximate surface area is 490 Å². The molecule has 2 heterocycles. The van der Waals surface area contributed by atoms with Gasteiger partial charge in [0.15, 0.2) is 6.10 Å². The van der Waals surface area contributed by atoms with Crippen molar-refractivity contribution in [2.24, 2.45) is 41.2 Å². The summed E-state index contributed by atoms with van der Waals surface area (Å²) < 4.78 is 28.2. The highest BCUT2D eigenvalue weighted by atomic mass is 32.2. The third-order valence-electron chi connectivity index (χ3n) is 14.9. The normalized spacial score (nSPS) is 32.2. The van der Waals surface area contributed by atoms with E-state index in [0.717, 1.165) is 12.2 Å². The van der Waals surface area contributed by atoms with Gasteiger partial charge in [-0.3, -0.25) is 28.8 Å². The SMILES string of the molecule is COC1/C=C\C=C(/C)C(=O)NC2=CC(=O)C(NCCSCCNC3=C4CC(C)CC(OC)C(O)C(C)/C=C(\C)C(C(=O)ON)C(OC)/C=C\C=C(/C)C(=O)NC(=CC3=O)C4=O)=C(CC(C)CC(OC)C(O)C(C)/C=C(\C)C1OC(N)=O)C2=O. The molecule has 2 aliphatic heterocycles. The molecule has 0 aromatic heterocycles. The van der Waals surface area contributed by atoms with Gasteiger partial charge in [0, 0.05) is 99.3 Å². The second-order valence-corrected chi connectivity index (χ2v) is 22.6. The molecule has 0 radical (unpaired) electrons. The molecule has 10 N–H and O–H groups in total. The summed E-state index contributed by atoms with van der Waals surface area (Å²) in [7, 11) is 5.71. The molecule has 12 unspecified atom stereocenters. The maximum Gasteiger partial charge on any atom is 0.405 e. The van der Waals surface area contributed by atoms with Crippen LogP contribution in [0.4, 0.5) is 4.79 Å². The Morgan fingerprint density at radius 3 is 1.47 bits per heavy atom. The van der Waals surface area contributed by atoms with Gasteiger partial charge in [-0.2, -0.15) is 17.7 Å². The first-order valence-corrected chi connectivity index (χ1v) is 28.6. The Bertz CT molecular complexity index is 2750. The zero-order valence-electron chi connectivity index (χ0n) is 49.5. The molecule has 0 aromatic rings. The minimum absolute atomic E-state index is 0.0581. The number of ketones is 4. The molecule has 22 nitrogen and oxygen atoms in total. The molecule has 12 atom stereocenters. The van der Waals surface area contributed by atoms with Crippen molar-refractivity contribution in [2.75, 3.05) is 53.0 Å². The Morgan fingerprint density at radius 2 is 1.07 bits per heavy atom. The van der Waals surface area contributed by atoms with Crippen molar-refractivity contribution in [1.82, 2.24) is 21.3 Å². The van der Waals surface area contributed by atoms with Crippen molar-refractivity contribution in [3.8, 4) is 0 Å². The van der Waals surface area contributed by atoms with Gasteiger partial charge in [0.25, 0.3) is 11.8 Å². The van der Waals surface area contributed by atoms with Gasteiger partial charge in [-0.05, 0) is 70.8 Å². The second kappa shape index (κ2) is 33.1. The van der Waals surface area contributed by atoms with Crippen molar-refractivity contribution in [3.05, 3.63) is 117 Å². The van der Waals surface area contributed by atoms with Crippen LogP contribution < -0.4 is 32.9 Å². The van der Waals surface area contributed by atoms with Gasteiger partial charge >= 0.3 is 12.1 Å². The van der Waals surface area contributed by atoms with E-state index in [1.54, 1.807) is 52.0 Å². The van der Waals surface area contributed by atoms with E-state index in [2.05, 4.69) is 26.1 Å². The third-order valence-corrected chi connectivity index (χ3v) is 15.9. The fourth-order valence-corrected chi connectivity index (χ4v) is 11.0. The molecular formula is C60H84N6O16S. The summed E-state index contributed by atoms with van der Waals surface area (Å²) in [4.78, 5) is 113. The highest BCUT2D eigenvalue weighted by Crippen LogP contribution is 2.32. The smallest absolute Gasteiger partial charge is 0.405 e. The molecule has 4 bridgehead atoms. The number of carbonyl (C=O) groups is 8. The largest absolute Gasteiger partial charge is 0.439 e. The molecular weight excluding hydrogens is 1090 g/mol. The monoisotopic (exact) mass is 1180 g/mol. The van der Waals surface area contributed by atoms with Gasteiger partial charge < -0.3 is 65.7 Å². The zero-order chi connectivity index (χ0) is 61.8. The van der Waals surface area contributed by atoms with E-state index < -0.39 is 107 Å². The molecule has 0 saturated heterocycles. The summed E-state index contributed by atoms with van der Waals surface area (Å²) in [6.07, 6.45) is 7.87. The molecule has 0 aromatic carbocycles. The van der Waals surface area contributed by atoms with Gasteiger partial charge in [-0.1, -0.05) is 81.9 Å². The standard InChI is InChI=1S/C60H84N6O16S/c1-31-23-39-50(43(67)29-41(54(39)71)65-57(73)33(3)15-13-17-45(77-9)49(59(75)82-62)35(5)27-36(6)52(69)47(25-31)79-11)63-19-21-83-22-20-64-51-40-24-32(2)26-48(80-12)53(70)37(7)28-38(8)56(81-60(61)76)46(78-10)18-14-16-34(4)58(74)66-42(55(40)72)30-44(51)68/h13-18,27-32,36-37,45-49,52-53,56,63-64,69-70H,19-26,62H2,1-12H3,(H2,61,76)(H,65,73)(H,66,74)/b17-13-,18-14-,33-15+,34-16+,35-27+,38-28+. The molecule has 0 spiro atoms. The second-order valence-electron chi connectivity index (χ2n) is 21.4. The average molecular weight is 1180 g/mol. The number of aliphatic hydroxyl groups excluding tert-OH is 2. The number of Topliss-reactive ketones (excluding diaryl/α,β-unsaturated/α-hetero) is 2. The van der Waals surface area contributed by atoms with Gasteiger partial charge in [-0.15, -0.1) is 0 Å². The number of amides is 3. The predicted molar refractivity (Wildman–Crippen MR) is 312 cm³/mol. The summed E-state index contributed by atoms with van der Waals surface area (Å²) in [5, 5.41) is 34.7. The van der Waals surface area contributed by atoms with Crippen LogP contribution in [0.2, 0.25) is 0 Å². The molecule has 0 saturated carbocycles. The van der Waals surface area contributed by atoms with Gasteiger partial charge in [-0.25, -0.2) is 9.59 Å². The number of nitrogens with two attached hydrogens (primary N) is 2. The molecule has 3 amide bonds. The fraction of sp³-hybridized carbons (Fsp3) is 0.533. The zero-order valence-corrected chi connectivity index (χ0v) is 50.3. The molecule has 4 rings (SSSR count). The predicted octanol–water partition coefficient (Wildman–Crippen LogP) is 4.02. The highest BCUT2D eigenvalue weighted by Gasteiger charge is 2.37. The first kappa shape index (κ1) is 68.9. The summed E-state index contributed by atoms with van der Waals surface area (Å²) in [6, 6.07) is 0. The lowest BCUT2D eigenvalue weighted by molar-refractivity contribution is -0.151. The van der Waals surface area contributed by atoms with Crippen LogP contribution in [0.25, 0.3) is 0 Å². The molecule has 2 aliphatic carbocycles. The number of aliphatic hydroxyl groups is 2. The number of nitrogens with one attached hydrogen (secondary N) is 4. The first-order chi connectivity index (χ1) is 39.3. The lowest BCUT2D eigenvalue weighted by Crippen LogP contribution is -2.38.